The van der Waals surface area contributed by atoms with Crippen molar-refractivity contribution in [2.24, 2.45) is 5.92 Å². The summed E-state index contributed by atoms with van der Waals surface area (Å²) in [6, 6.07) is 9.74. The summed E-state index contributed by atoms with van der Waals surface area (Å²) in [5.74, 6) is 2.30. The average molecular weight is 288 g/mol. The Kier molecular flexibility index (Phi) is 3.64. The van der Waals surface area contributed by atoms with Crippen LogP contribution in [0.2, 0.25) is 0 Å². The highest BCUT2D eigenvalue weighted by molar-refractivity contribution is 7.16. The van der Waals surface area contributed by atoms with E-state index in [1.165, 1.54) is 11.3 Å². The van der Waals surface area contributed by atoms with Crippen LogP contribution in [0, 0.1) is 5.92 Å². The summed E-state index contributed by atoms with van der Waals surface area (Å²) in [6.45, 7) is 4.78. The van der Waals surface area contributed by atoms with Gasteiger partial charge in [0.1, 0.15) is 12.4 Å². The van der Waals surface area contributed by atoms with E-state index >= 15 is 0 Å². The molecule has 3 aromatic rings. The molecule has 20 heavy (non-hydrogen) atoms. The van der Waals surface area contributed by atoms with Crippen LogP contribution in [-0.2, 0) is 13.0 Å². The first-order valence-corrected chi connectivity index (χ1v) is 7.42. The standard InChI is InChI=1S/C14H16N4OS/c1-10(2)8-12-15-16-14-18(12)17-13(20-14)9-19-11-6-4-3-5-7-11/h3-7,10H,8-9H2,1-2H3. The van der Waals surface area contributed by atoms with E-state index in [0.717, 1.165) is 28.0 Å². The van der Waals surface area contributed by atoms with Gasteiger partial charge in [0.25, 0.3) is 0 Å². The fourth-order valence-corrected chi connectivity index (χ4v) is 2.68. The zero-order chi connectivity index (χ0) is 13.9. The van der Waals surface area contributed by atoms with Gasteiger partial charge in [0.05, 0.1) is 0 Å². The highest BCUT2D eigenvalue weighted by Gasteiger charge is 2.12. The number of rotatable bonds is 5. The molecule has 0 aliphatic carbocycles. The zero-order valence-corrected chi connectivity index (χ0v) is 12.3. The summed E-state index contributed by atoms with van der Waals surface area (Å²) in [4.78, 5) is 0.826. The predicted octanol–water partition coefficient (Wildman–Crippen LogP) is 2.96. The third kappa shape index (κ3) is 2.80. The normalized spacial score (nSPS) is 11.3. The van der Waals surface area contributed by atoms with Crippen LogP contribution in [0.3, 0.4) is 0 Å². The van der Waals surface area contributed by atoms with E-state index in [-0.39, 0.29) is 0 Å². The van der Waals surface area contributed by atoms with Crippen molar-refractivity contribution < 1.29 is 4.74 Å². The van der Waals surface area contributed by atoms with Crippen molar-refractivity contribution in [1.82, 2.24) is 19.8 Å². The number of hydrogen-bond acceptors (Lipinski definition) is 5. The number of ether oxygens (including phenoxy) is 1. The fraction of sp³-hybridized carbons (Fsp3) is 0.357. The first kappa shape index (κ1) is 13.1. The average Bonchev–Trinajstić information content (AvgIpc) is 2.99. The summed E-state index contributed by atoms with van der Waals surface area (Å²) in [5.41, 5.74) is 0. The molecule has 0 aliphatic heterocycles. The molecule has 0 spiro atoms. The molecule has 104 valence electrons. The van der Waals surface area contributed by atoms with Gasteiger partial charge in [-0.15, -0.1) is 10.2 Å². The van der Waals surface area contributed by atoms with Crippen LogP contribution in [0.5, 0.6) is 5.75 Å². The van der Waals surface area contributed by atoms with Gasteiger partial charge in [-0.05, 0) is 18.1 Å². The Hall–Kier alpha value is -1.95. The van der Waals surface area contributed by atoms with E-state index in [4.69, 9.17) is 4.74 Å². The lowest BCUT2D eigenvalue weighted by Crippen LogP contribution is -2.02. The van der Waals surface area contributed by atoms with E-state index in [1.54, 1.807) is 0 Å². The minimum absolute atomic E-state index is 0.457. The van der Waals surface area contributed by atoms with Gasteiger partial charge in [-0.25, -0.2) is 0 Å². The molecule has 0 bridgehead atoms. The number of benzene rings is 1. The molecule has 2 heterocycles. The minimum Gasteiger partial charge on any atom is -0.486 e. The summed E-state index contributed by atoms with van der Waals surface area (Å²) < 4.78 is 7.53. The Morgan fingerprint density at radius 1 is 1.20 bits per heavy atom. The third-order valence-corrected chi connectivity index (χ3v) is 3.67. The smallest absolute Gasteiger partial charge is 0.234 e. The van der Waals surface area contributed by atoms with Gasteiger partial charge in [0.15, 0.2) is 10.8 Å². The van der Waals surface area contributed by atoms with E-state index in [9.17, 15) is 0 Å². The molecule has 0 radical (unpaired) electrons. The molecule has 3 rings (SSSR count). The minimum atomic E-state index is 0.457. The van der Waals surface area contributed by atoms with E-state index < -0.39 is 0 Å². The number of fused-ring (bicyclic) bond motifs is 1. The molecular formula is C14H16N4OS. The van der Waals surface area contributed by atoms with Crippen LogP contribution >= 0.6 is 11.3 Å². The van der Waals surface area contributed by atoms with Crippen molar-refractivity contribution in [2.45, 2.75) is 26.9 Å². The van der Waals surface area contributed by atoms with E-state index in [2.05, 4.69) is 29.1 Å². The van der Waals surface area contributed by atoms with Crippen LogP contribution in [-0.4, -0.2) is 19.8 Å². The SMILES string of the molecule is CC(C)Cc1nnc2sc(COc3ccccc3)nn12. The first-order valence-electron chi connectivity index (χ1n) is 6.60. The summed E-state index contributed by atoms with van der Waals surface area (Å²) >= 11 is 1.52. The number of para-hydroxylation sites is 1. The van der Waals surface area contributed by atoms with Crippen molar-refractivity contribution in [2.75, 3.05) is 0 Å². The van der Waals surface area contributed by atoms with Crippen molar-refractivity contribution in [3.63, 3.8) is 0 Å². The second-order valence-electron chi connectivity index (χ2n) is 5.01. The molecule has 2 aromatic heterocycles. The molecule has 0 saturated heterocycles. The lowest BCUT2D eigenvalue weighted by molar-refractivity contribution is 0.304. The molecule has 0 amide bonds. The summed E-state index contributed by atoms with van der Waals surface area (Å²) in [7, 11) is 0. The predicted molar refractivity (Wildman–Crippen MR) is 78.0 cm³/mol. The van der Waals surface area contributed by atoms with Gasteiger partial charge in [-0.3, -0.25) is 0 Å². The molecule has 6 heteroatoms. The summed E-state index contributed by atoms with van der Waals surface area (Å²) in [6.07, 6.45) is 0.879. The maximum absolute atomic E-state index is 5.70. The Morgan fingerprint density at radius 2 is 2.00 bits per heavy atom. The highest BCUT2D eigenvalue weighted by atomic mass is 32.1. The molecule has 0 atom stereocenters. The molecule has 0 fully saturated rings. The molecule has 5 nitrogen and oxygen atoms in total. The Bertz CT molecular complexity index is 690. The summed E-state index contributed by atoms with van der Waals surface area (Å²) in [5, 5.41) is 13.8. The second kappa shape index (κ2) is 5.58. The Labute approximate surface area is 121 Å². The van der Waals surface area contributed by atoms with Crippen LogP contribution in [0.25, 0.3) is 4.96 Å². The lowest BCUT2D eigenvalue weighted by Gasteiger charge is -2.02. The molecule has 0 unspecified atom stereocenters. The molecule has 0 saturated carbocycles. The van der Waals surface area contributed by atoms with Gasteiger partial charge in [0, 0.05) is 6.42 Å². The van der Waals surface area contributed by atoms with Crippen molar-refractivity contribution in [3.8, 4) is 5.75 Å². The second-order valence-corrected chi connectivity index (χ2v) is 6.05. The number of hydrogen-bond donors (Lipinski definition) is 0. The third-order valence-electron chi connectivity index (χ3n) is 2.79. The van der Waals surface area contributed by atoms with E-state index in [0.29, 0.717) is 12.5 Å². The van der Waals surface area contributed by atoms with Gasteiger partial charge in [-0.2, -0.15) is 9.61 Å². The van der Waals surface area contributed by atoms with E-state index in [1.807, 2.05) is 34.8 Å². The lowest BCUT2D eigenvalue weighted by atomic mass is 10.1. The zero-order valence-electron chi connectivity index (χ0n) is 11.5. The monoisotopic (exact) mass is 288 g/mol. The molecular weight excluding hydrogens is 272 g/mol. The van der Waals surface area contributed by atoms with Crippen molar-refractivity contribution in [1.29, 1.82) is 0 Å². The van der Waals surface area contributed by atoms with Crippen LogP contribution in [0.4, 0.5) is 0 Å². The quantitative estimate of drug-likeness (QED) is 0.724. The van der Waals surface area contributed by atoms with Crippen LogP contribution in [0.1, 0.15) is 24.7 Å². The molecule has 0 N–H and O–H groups in total. The van der Waals surface area contributed by atoms with Crippen molar-refractivity contribution in [3.05, 3.63) is 41.2 Å². The maximum Gasteiger partial charge on any atom is 0.234 e. The highest BCUT2D eigenvalue weighted by Crippen LogP contribution is 2.18. The maximum atomic E-state index is 5.70. The van der Waals surface area contributed by atoms with Crippen LogP contribution < -0.4 is 4.74 Å². The van der Waals surface area contributed by atoms with Crippen LogP contribution in [0.15, 0.2) is 30.3 Å². The number of nitrogens with zero attached hydrogens (tertiary/aromatic N) is 4. The van der Waals surface area contributed by atoms with Gasteiger partial charge < -0.3 is 4.74 Å². The fourth-order valence-electron chi connectivity index (χ4n) is 1.91. The number of aromatic nitrogens is 4. The topological polar surface area (TPSA) is 52.3 Å². The molecule has 0 aliphatic rings. The first-order chi connectivity index (χ1) is 9.72. The van der Waals surface area contributed by atoms with Gasteiger partial charge in [-0.1, -0.05) is 43.4 Å². The van der Waals surface area contributed by atoms with Gasteiger partial charge in [0.2, 0.25) is 4.96 Å². The van der Waals surface area contributed by atoms with Gasteiger partial charge >= 0.3 is 0 Å². The van der Waals surface area contributed by atoms with Crippen molar-refractivity contribution >= 4 is 16.3 Å². The molecule has 1 aromatic carbocycles. The Balaban J connectivity index is 1.74. The largest absolute Gasteiger partial charge is 0.486 e. The Morgan fingerprint density at radius 3 is 2.75 bits per heavy atom.